The van der Waals surface area contributed by atoms with Gasteiger partial charge in [-0.05, 0) is 50.2 Å². The minimum absolute atomic E-state index is 0.0798. The predicted molar refractivity (Wildman–Crippen MR) is 89.8 cm³/mol. The quantitative estimate of drug-likeness (QED) is 0.920. The van der Waals surface area contributed by atoms with Crippen LogP contribution in [0.25, 0.3) is 0 Å². The van der Waals surface area contributed by atoms with Crippen LogP contribution < -0.4 is 5.32 Å². The molecule has 0 aromatic carbocycles. The zero-order chi connectivity index (χ0) is 16.0. The third-order valence-corrected chi connectivity index (χ3v) is 6.26. The molecule has 2 aliphatic rings. The number of nitrogens with zero attached hydrogens (tertiary/aromatic N) is 3. The van der Waals surface area contributed by atoms with Gasteiger partial charge in [0, 0.05) is 23.9 Å². The molecule has 2 unspecified atom stereocenters. The number of thiophene rings is 1. The first kappa shape index (κ1) is 14.9. The number of amides is 1. The van der Waals surface area contributed by atoms with E-state index >= 15 is 0 Å². The Morgan fingerprint density at radius 3 is 3.09 bits per heavy atom. The molecule has 0 saturated carbocycles. The van der Waals surface area contributed by atoms with E-state index in [0.717, 1.165) is 54.7 Å². The topological polar surface area (TPSA) is 59.8 Å². The van der Waals surface area contributed by atoms with Gasteiger partial charge in [-0.1, -0.05) is 6.92 Å². The highest BCUT2D eigenvalue weighted by Gasteiger charge is 2.25. The molecule has 23 heavy (non-hydrogen) atoms. The summed E-state index contributed by atoms with van der Waals surface area (Å²) in [5.41, 5.74) is 1.39. The number of fused-ring (bicyclic) bond motifs is 2. The lowest BCUT2D eigenvalue weighted by Gasteiger charge is -2.24. The zero-order valence-electron chi connectivity index (χ0n) is 13.6. The summed E-state index contributed by atoms with van der Waals surface area (Å²) in [6, 6.07) is 2.28. The van der Waals surface area contributed by atoms with Gasteiger partial charge in [-0.25, -0.2) is 0 Å². The number of aromatic nitrogens is 3. The van der Waals surface area contributed by atoms with Gasteiger partial charge in [0.05, 0.1) is 4.88 Å². The number of hydrogen-bond donors (Lipinski definition) is 1. The lowest BCUT2D eigenvalue weighted by Crippen LogP contribution is -2.41. The summed E-state index contributed by atoms with van der Waals surface area (Å²) >= 11 is 1.68. The summed E-state index contributed by atoms with van der Waals surface area (Å²) in [4.78, 5) is 14.9. The van der Waals surface area contributed by atoms with E-state index in [9.17, 15) is 4.79 Å². The van der Waals surface area contributed by atoms with E-state index in [-0.39, 0.29) is 11.9 Å². The van der Waals surface area contributed by atoms with Crippen LogP contribution in [0.4, 0.5) is 0 Å². The van der Waals surface area contributed by atoms with Crippen molar-refractivity contribution >= 4 is 17.2 Å². The minimum atomic E-state index is 0.0798. The minimum Gasteiger partial charge on any atom is -0.347 e. The van der Waals surface area contributed by atoms with Crippen LogP contribution in [0.3, 0.4) is 0 Å². The van der Waals surface area contributed by atoms with Crippen LogP contribution >= 0.6 is 11.3 Å². The Morgan fingerprint density at radius 1 is 1.35 bits per heavy atom. The average molecular weight is 330 g/mol. The number of hydrogen-bond acceptors (Lipinski definition) is 4. The van der Waals surface area contributed by atoms with E-state index in [4.69, 9.17) is 0 Å². The van der Waals surface area contributed by atoms with Gasteiger partial charge >= 0.3 is 0 Å². The normalized spacial score (nSPS) is 23.2. The molecule has 1 aliphatic carbocycles. The largest absolute Gasteiger partial charge is 0.347 e. The van der Waals surface area contributed by atoms with Crippen molar-refractivity contribution in [1.82, 2.24) is 20.1 Å². The smallest absolute Gasteiger partial charge is 0.261 e. The van der Waals surface area contributed by atoms with Gasteiger partial charge in [0.1, 0.15) is 11.6 Å². The predicted octanol–water partition coefficient (Wildman–Crippen LogP) is 2.52. The Balaban J connectivity index is 1.46. The molecule has 6 heteroatoms. The molecule has 2 aromatic heterocycles. The molecule has 0 spiro atoms. The van der Waals surface area contributed by atoms with Crippen molar-refractivity contribution in [3.63, 3.8) is 0 Å². The maximum absolute atomic E-state index is 12.6. The monoisotopic (exact) mass is 330 g/mol. The number of aryl methyl sites for hydroxylation is 3. The van der Waals surface area contributed by atoms with E-state index in [2.05, 4.69) is 33.1 Å². The van der Waals surface area contributed by atoms with E-state index in [1.54, 1.807) is 11.3 Å². The Kier molecular flexibility index (Phi) is 3.71. The fourth-order valence-electron chi connectivity index (χ4n) is 3.65. The van der Waals surface area contributed by atoms with Crippen molar-refractivity contribution in [3.8, 4) is 0 Å². The fraction of sp³-hybridized carbons (Fsp3) is 0.588. The summed E-state index contributed by atoms with van der Waals surface area (Å²) in [5, 5.41) is 11.5. The van der Waals surface area contributed by atoms with Crippen molar-refractivity contribution in [2.75, 3.05) is 0 Å². The molecular weight excluding hydrogens is 308 g/mol. The summed E-state index contributed by atoms with van der Waals surface area (Å²) in [7, 11) is 0. The second-order valence-electron chi connectivity index (χ2n) is 6.89. The summed E-state index contributed by atoms with van der Waals surface area (Å²) in [6.07, 6.45) is 5.30. The van der Waals surface area contributed by atoms with Crippen LogP contribution in [0.2, 0.25) is 0 Å². The third-order valence-electron chi connectivity index (χ3n) is 5.02. The van der Waals surface area contributed by atoms with Crippen molar-refractivity contribution in [2.24, 2.45) is 5.92 Å². The highest BCUT2D eigenvalue weighted by molar-refractivity contribution is 7.14. The van der Waals surface area contributed by atoms with Crippen LogP contribution in [0.15, 0.2) is 6.07 Å². The first-order chi connectivity index (χ1) is 11.1. The fourth-order valence-corrected chi connectivity index (χ4v) is 4.77. The van der Waals surface area contributed by atoms with Gasteiger partial charge in [0.2, 0.25) is 0 Å². The van der Waals surface area contributed by atoms with Gasteiger partial charge in [0.25, 0.3) is 5.91 Å². The van der Waals surface area contributed by atoms with E-state index < -0.39 is 0 Å². The van der Waals surface area contributed by atoms with Gasteiger partial charge in [-0.15, -0.1) is 21.5 Å². The number of nitrogens with one attached hydrogen (secondary N) is 1. The number of carbonyl (C=O) groups excluding carboxylic acids is 1. The molecule has 0 bridgehead atoms. The SMILES string of the molecule is Cc1nnc2n1CC(NC(=O)c1cc3c(s1)CCC(C)C3)CC2. The molecule has 4 rings (SSSR count). The summed E-state index contributed by atoms with van der Waals surface area (Å²) in [6.45, 7) is 5.04. The van der Waals surface area contributed by atoms with Crippen LogP contribution in [0.1, 0.15) is 51.5 Å². The van der Waals surface area contributed by atoms with E-state index in [1.807, 2.05) is 6.92 Å². The Bertz CT molecular complexity index is 748. The summed E-state index contributed by atoms with van der Waals surface area (Å²) in [5.74, 6) is 2.78. The van der Waals surface area contributed by atoms with Crippen molar-refractivity contribution < 1.29 is 4.79 Å². The molecule has 2 atom stereocenters. The molecule has 1 aliphatic heterocycles. The maximum Gasteiger partial charge on any atom is 0.261 e. The molecular formula is C17H22N4OS. The second kappa shape index (κ2) is 5.74. The van der Waals surface area contributed by atoms with E-state index in [0.29, 0.717) is 0 Å². The molecule has 1 N–H and O–H groups in total. The summed E-state index contributed by atoms with van der Waals surface area (Å²) < 4.78 is 2.12. The Morgan fingerprint density at radius 2 is 2.22 bits per heavy atom. The number of carbonyl (C=O) groups is 1. The average Bonchev–Trinajstić information content (AvgIpc) is 3.11. The lowest BCUT2D eigenvalue weighted by molar-refractivity contribution is 0.0931. The van der Waals surface area contributed by atoms with Crippen LogP contribution in [-0.2, 0) is 25.8 Å². The first-order valence-corrected chi connectivity index (χ1v) is 9.23. The molecule has 5 nitrogen and oxygen atoms in total. The van der Waals surface area contributed by atoms with Gasteiger partial charge in [-0.2, -0.15) is 0 Å². The maximum atomic E-state index is 12.6. The third kappa shape index (κ3) is 2.80. The standard InChI is InChI=1S/C17H22N4OS/c1-10-3-5-14-12(7-10)8-15(23-14)17(22)18-13-4-6-16-20-19-11(2)21(16)9-13/h8,10,13H,3-7,9H2,1-2H3,(H,18,22). The molecule has 122 valence electrons. The van der Waals surface area contributed by atoms with Crippen molar-refractivity contribution in [2.45, 2.75) is 58.5 Å². The molecule has 0 saturated heterocycles. The molecule has 3 heterocycles. The highest BCUT2D eigenvalue weighted by atomic mass is 32.1. The molecule has 1 amide bonds. The van der Waals surface area contributed by atoms with E-state index in [1.165, 1.54) is 16.9 Å². The first-order valence-electron chi connectivity index (χ1n) is 8.41. The Labute approximate surface area is 140 Å². The lowest BCUT2D eigenvalue weighted by atomic mass is 9.90. The van der Waals surface area contributed by atoms with Crippen molar-refractivity contribution in [1.29, 1.82) is 0 Å². The Hall–Kier alpha value is -1.69. The molecule has 0 radical (unpaired) electrons. The highest BCUT2D eigenvalue weighted by Crippen LogP contribution is 2.32. The van der Waals surface area contributed by atoms with Gasteiger partial charge in [-0.3, -0.25) is 4.79 Å². The van der Waals surface area contributed by atoms with Crippen LogP contribution in [0.5, 0.6) is 0 Å². The second-order valence-corrected chi connectivity index (χ2v) is 8.03. The molecule has 0 fully saturated rings. The van der Waals surface area contributed by atoms with Crippen molar-refractivity contribution in [3.05, 3.63) is 33.0 Å². The van der Waals surface area contributed by atoms with Crippen LogP contribution in [-0.4, -0.2) is 26.7 Å². The molecule has 2 aromatic rings. The zero-order valence-corrected chi connectivity index (χ0v) is 14.4. The number of rotatable bonds is 2. The van der Waals surface area contributed by atoms with Gasteiger partial charge < -0.3 is 9.88 Å². The van der Waals surface area contributed by atoms with Gasteiger partial charge in [0.15, 0.2) is 0 Å². The van der Waals surface area contributed by atoms with Crippen LogP contribution in [0, 0.1) is 12.8 Å².